The SMILES string of the molecule is CCN(CCCN)c1cc[c]cc1. The van der Waals surface area contributed by atoms with Crippen molar-refractivity contribution in [2.24, 2.45) is 5.73 Å². The fraction of sp³-hybridized carbons (Fsp3) is 0.455. The molecule has 1 aromatic carbocycles. The van der Waals surface area contributed by atoms with Crippen molar-refractivity contribution in [3.8, 4) is 0 Å². The Bertz CT molecular complexity index is 221. The molecule has 0 saturated carbocycles. The Morgan fingerprint density at radius 3 is 2.62 bits per heavy atom. The van der Waals surface area contributed by atoms with Crippen LogP contribution in [-0.2, 0) is 0 Å². The van der Waals surface area contributed by atoms with Crippen molar-refractivity contribution in [1.82, 2.24) is 0 Å². The summed E-state index contributed by atoms with van der Waals surface area (Å²) in [6.07, 6.45) is 1.05. The minimum Gasteiger partial charge on any atom is -0.372 e. The number of nitrogens with two attached hydrogens (primary N) is 1. The predicted octanol–water partition coefficient (Wildman–Crippen LogP) is 1.66. The van der Waals surface area contributed by atoms with E-state index in [1.165, 1.54) is 5.69 Å². The van der Waals surface area contributed by atoms with Crippen molar-refractivity contribution in [2.45, 2.75) is 13.3 Å². The van der Waals surface area contributed by atoms with Gasteiger partial charge >= 0.3 is 0 Å². The van der Waals surface area contributed by atoms with E-state index in [0.717, 1.165) is 26.1 Å². The van der Waals surface area contributed by atoms with Crippen molar-refractivity contribution in [2.75, 3.05) is 24.5 Å². The van der Waals surface area contributed by atoms with Crippen molar-refractivity contribution >= 4 is 5.69 Å². The molecule has 0 bridgehead atoms. The largest absolute Gasteiger partial charge is 0.372 e. The van der Waals surface area contributed by atoms with E-state index in [4.69, 9.17) is 5.73 Å². The Kier molecular flexibility index (Phi) is 4.33. The highest BCUT2D eigenvalue weighted by Gasteiger charge is 2.01. The van der Waals surface area contributed by atoms with Crippen LogP contribution in [0.25, 0.3) is 0 Å². The predicted molar refractivity (Wildman–Crippen MR) is 56.8 cm³/mol. The van der Waals surface area contributed by atoms with Crippen LogP contribution in [0.5, 0.6) is 0 Å². The van der Waals surface area contributed by atoms with Crippen LogP contribution in [0.15, 0.2) is 24.3 Å². The Morgan fingerprint density at radius 2 is 2.08 bits per heavy atom. The molecule has 0 heterocycles. The average Bonchev–Trinajstić information content (AvgIpc) is 2.21. The van der Waals surface area contributed by atoms with Gasteiger partial charge in [-0.05, 0) is 38.1 Å². The molecule has 0 atom stereocenters. The molecule has 1 radical (unpaired) electrons. The molecular formula is C11H17N2. The van der Waals surface area contributed by atoms with Crippen LogP contribution in [0.4, 0.5) is 5.69 Å². The van der Waals surface area contributed by atoms with E-state index in [9.17, 15) is 0 Å². The molecule has 0 aliphatic rings. The molecule has 1 rings (SSSR count). The molecule has 13 heavy (non-hydrogen) atoms. The van der Waals surface area contributed by atoms with Crippen LogP contribution >= 0.6 is 0 Å². The van der Waals surface area contributed by atoms with Gasteiger partial charge in [0.05, 0.1) is 0 Å². The zero-order chi connectivity index (χ0) is 9.52. The maximum atomic E-state index is 5.48. The van der Waals surface area contributed by atoms with Gasteiger partial charge in [-0.1, -0.05) is 12.1 Å². The monoisotopic (exact) mass is 177 g/mol. The van der Waals surface area contributed by atoms with E-state index < -0.39 is 0 Å². The van der Waals surface area contributed by atoms with Crippen molar-refractivity contribution in [3.63, 3.8) is 0 Å². The highest BCUT2D eigenvalue weighted by Crippen LogP contribution is 2.12. The van der Waals surface area contributed by atoms with Gasteiger partial charge in [0.15, 0.2) is 0 Å². The van der Waals surface area contributed by atoms with Crippen LogP contribution in [-0.4, -0.2) is 19.6 Å². The third-order valence-corrected chi connectivity index (χ3v) is 2.08. The number of hydrogen-bond donors (Lipinski definition) is 1. The number of hydrogen-bond acceptors (Lipinski definition) is 2. The second-order valence-electron chi connectivity index (χ2n) is 2.98. The highest BCUT2D eigenvalue weighted by molar-refractivity contribution is 5.45. The standard InChI is InChI=1S/C11H17N2/c1-2-13(10-6-9-12)11-7-4-3-5-8-11/h4-5,7-8H,2,6,9-10,12H2,1H3. The van der Waals surface area contributed by atoms with E-state index >= 15 is 0 Å². The lowest BCUT2D eigenvalue weighted by Crippen LogP contribution is -2.25. The molecule has 2 heteroatoms. The Labute approximate surface area is 80.4 Å². The molecule has 2 nitrogen and oxygen atoms in total. The van der Waals surface area contributed by atoms with Gasteiger partial charge in [0.2, 0.25) is 0 Å². The lowest BCUT2D eigenvalue weighted by molar-refractivity contribution is 0.754. The maximum absolute atomic E-state index is 5.48. The van der Waals surface area contributed by atoms with Gasteiger partial charge in [0.25, 0.3) is 0 Å². The van der Waals surface area contributed by atoms with Gasteiger partial charge in [-0.25, -0.2) is 0 Å². The fourth-order valence-electron chi connectivity index (χ4n) is 1.34. The normalized spacial score (nSPS) is 10.0. The minimum absolute atomic E-state index is 0.759. The van der Waals surface area contributed by atoms with Gasteiger partial charge in [0, 0.05) is 18.8 Å². The van der Waals surface area contributed by atoms with Crippen LogP contribution in [0.2, 0.25) is 0 Å². The number of rotatable bonds is 5. The molecule has 0 aromatic heterocycles. The second kappa shape index (κ2) is 5.60. The molecule has 2 N–H and O–H groups in total. The summed E-state index contributed by atoms with van der Waals surface area (Å²) in [4.78, 5) is 2.32. The maximum Gasteiger partial charge on any atom is 0.0366 e. The van der Waals surface area contributed by atoms with Gasteiger partial charge in [0.1, 0.15) is 0 Å². The molecule has 1 aromatic rings. The van der Waals surface area contributed by atoms with E-state index in [-0.39, 0.29) is 0 Å². The van der Waals surface area contributed by atoms with Crippen molar-refractivity contribution in [3.05, 3.63) is 30.3 Å². The lowest BCUT2D eigenvalue weighted by Gasteiger charge is -2.22. The summed E-state index contributed by atoms with van der Waals surface area (Å²) in [6.45, 7) is 4.99. The third kappa shape index (κ3) is 3.07. The first-order chi connectivity index (χ1) is 6.38. The summed E-state index contributed by atoms with van der Waals surface area (Å²) in [5.41, 5.74) is 6.74. The number of nitrogens with zero attached hydrogens (tertiary/aromatic N) is 1. The Hall–Kier alpha value is -1.02. The van der Waals surface area contributed by atoms with E-state index in [1.807, 2.05) is 12.1 Å². The molecule has 0 aliphatic carbocycles. The van der Waals surface area contributed by atoms with Gasteiger partial charge in [-0.3, -0.25) is 0 Å². The molecule has 0 unspecified atom stereocenters. The Morgan fingerprint density at radius 1 is 1.38 bits per heavy atom. The van der Waals surface area contributed by atoms with Crippen LogP contribution in [0, 0.1) is 6.07 Å². The first kappa shape index (κ1) is 10.1. The zero-order valence-electron chi connectivity index (χ0n) is 8.16. The van der Waals surface area contributed by atoms with Crippen molar-refractivity contribution in [1.29, 1.82) is 0 Å². The Balaban J connectivity index is 2.56. The fourth-order valence-corrected chi connectivity index (χ4v) is 1.34. The second-order valence-corrected chi connectivity index (χ2v) is 2.98. The smallest absolute Gasteiger partial charge is 0.0366 e. The summed E-state index contributed by atoms with van der Waals surface area (Å²) in [6, 6.07) is 11.1. The quantitative estimate of drug-likeness (QED) is 0.741. The molecule has 0 amide bonds. The highest BCUT2D eigenvalue weighted by atomic mass is 15.1. The topological polar surface area (TPSA) is 29.3 Å². The summed E-state index contributed by atoms with van der Waals surface area (Å²) >= 11 is 0. The summed E-state index contributed by atoms with van der Waals surface area (Å²) in [5, 5.41) is 0. The first-order valence-electron chi connectivity index (χ1n) is 4.79. The summed E-state index contributed by atoms with van der Waals surface area (Å²) in [5.74, 6) is 0. The molecule has 0 spiro atoms. The summed E-state index contributed by atoms with van der Waals surface area (Å²) in [7, 11) is 0. The zero-order valence-corrected chi connectivity index (χ0v) is 8.16. The lowest BCUT2D eigenvalue weighted by atomic mass is 10.2. The van der Waals surface area contributed by atoms with Crippen LogP contribution < -0.4 is 10.6 Å². The molecular weight excluding hydrogens is 160 g/mol. The van der Waals surface area contributed by atoms with Gasteiger partial charge < -0.3 is 10.6 Å². The number of anilines is 1. The summed E-state index contributed by atoms with van der Waals surface area (Å²) < 4.78 is 0. The molecule has 71 valence electrons. The van der Waals surface area contributed by atoms with Crippen LogP contribution in [0.1, 0.15) is 13.3 Å². The minimum atomic E-state index is 0.759. The van der Waals surface area contributed by atoms with E-state index in [2.05, 4.69) is 30.0 Å². The molecule has 0 fully saturated rings. The molecule has 0 aliphatic heterocycles. The van der Waals surface area contributed by atoms with E-state index in [0.29, 0.717) is 0 Å². The van der Waals surface area contributed by atoms with Gasteiger partial charge in [-0.15, -0.1) is 0 Å². The third-order valence-electron chi connectivity index (χ3n) is 2.08. The number of benzene rings is 1. The van der Waals surface area contributed by atoms with E-state index in [1.54, 1.807) is 0 Å². The van der Waals surface area contributed by atoms with Gasteiger partial charge in [-0.2, -0.15) is 0 Å². The average molecular weight is 177 g/mol. The molecule has 0 saturated heterocycles. The first-order valence-corrected chi connectivity index (χ1v) is 4.79. The van der Waals surface area contributed by atoms with Crippen LogP contribution in [0.3, 0.4) is 0 Å². The van der Waals surface area contributed by atoms with Crippen molar-refractivity contribution < 1.29 is 0 Å².